The highest BCUT2D eigenvalue weighted by atomic mass is 19.4. The molecular formula is C25H24F3N5O. The normalized spacial score (nSPS) is 18.8. The lowest BCUT2D eigenvalue weighted by Crippen LogP contribution is -2.40. The predicted octanol–water partition coefficient (Wildman–Crippen LogP) is 5.29. The Morgan fingerprint density at radius 3 is 2.53 bits per heavy atom. The van der Waals surface area contributed by atoms with Gasteiger partial charge < -0.3 is 15.2 Å². The van der Waals surface area contributed by atoms with Crippen LogP contribution in [0.15, 0.2) is 54.9 Å². The third-order valence-electron chi connectivity index (χ3n) is 6.44. The Morgan fingerprint density at radius 2 is 1.76 bits per heavy atom. The molecule has 0 unspecified atom stereocenters. The summed E-state index contributed by atoms with van der Waals surface area (Å²) >= 11 is 0. The minimum Gasteiger partial charge on any atom is -0.382 e. The number of alkyl halides is 3. The Labute approximate surface area is 194 Å². The average Bonchev–Trinajstić information content (AvgIpc) is 3.20. The molecule has 5 rings (SSSR count). The smallest absolute Gasteiger partial charge is 0.382 e. The molecular weight excluding hydrogens is 443 g/mol. The summed E-state index contributed by atoms with van der Waals surface area (Å²) in [6.07, 6.45) is 1.94. The predicted molar refractivity (Wildman–Crippen MR) is 125 cm³/mol. The van der Waals surface area contributed by atoms with Gasteiger partial charge in [0.15, 0.2) is 0 Å². The van der Waals surface area contributed by atoms with Crippen LogP contribution in [0.3, 0.4) is 0 Å². The molecule has 1 amide bonds. The second-order valence-corrected chi connectivity index (χ2v) is 8.76. The van der Waals surface area contributed by atoms with Crippen LogP contribution in [-0.2, 0) is 13.2 Å². The maximum absolute atomic E-state index is 13.4. The fraction of sp³-hybridized carbons (Fsp3) is 0.320. The van der Waals surface area contributed by atoms with Crippen LogP contribution in [0.25, 0.3) is 21.9 Å². The monoisotopic (exact) mass is 467 g/mol. The largest absolute Gasteiger partial charge is 0.433 e. The maximum Gasteiger partial charge on any atom is 0.433 e. The number of pyridine rings is 2. The van der Waals surface area contributed by atoms with Crippen LogP contribution >= 0.6 is 0 Å². The number of hydrogen-bond donors (Lipinski definition) is 2. The van der Waals surface area contributed by atoms with Gasteiger partial charge in [-0.1, -0.05) is 18.2 Å². The molecule has 0 spiro atoms. The number of rotatable bonds is 4. The van der Waals surface area contributed by atoms with Crippen molar-refractivity contribution in [2.75, 3.05) is 5.32 Å². The summed E-state index contributed by atoms with van der Waals surface area (Å²) in [6.45, 7) is 0. The van der Waals surface area contributed by atoms with Crippen LogP contribution in [0.4, 0.5) is 18.9 Å². The van der Waals surface area contributed by atoms with E-state index in [1.54, 1.807) is 36.5 Å². The van der Waals surface area contributed by atoms with Crippen LogP contribution in [0.2, 0.25) is 0 Å². The first-order valence-corrected chi connectivity index (χ1v) is 11.2. The Hall–Kier alpha value is -3.62. The van der Waals surface area contributed by atoms with Crippen molar-refractivity contribution in [3.05, 3.63) is 66.1 Å². The molecule has 1 fully saturated rings. The summed E-state index contributed by atoms with van der Waals surface area (Å²) in [6, 6.07) is 11.5. The number of anilines is 1. The molecule has 1 aliphatic carbocycles. The number of fused-ring (bicyclic) bond motifs is 2. The number of nitrogens with one attached hydrogen (secondary N) is 2. The molecule has 176 valence electrons. The molecule has 0 bridgehead atoms. The van der Waals surface area contributed by atoms with Crippen molar-refractivity contribution in [3.8, 4) is 0 Å². The van der Waals surface area contributed by atoms with Gasteiger partial charge in [0.25, 0.3) is 5.91 Å². The number of carbonyl (C=O) groups is 1. The van der Waals surface area contributed by atoms with E-state index in [0.717, 1.165) is 42.8 Å². The number of benzene rings is 1. The first-order valence-electron chi connectivity index (χ1n) is 11.2. The molecule has 0 atom stereocenters. The third-order valence-corrected chi connectivity index (χ3v) is 6.44. The zero-order chi connectivity index (χ0) is 23.9. The first-order chi connectivity index (χ1) is 16.3. The van der Waals surface area contributed by atoms with E-state index >= 15 is 0 Å². The number of hydrogen-bond acceptors (Lipinski definition) is 4. The van der Waals surface area contributed by atoms with Crippen LogP contribution in [0, 0.1) is 0 Å². The molecule has 6 nitrogen and oxygen atoms in total. The minimum absolute atomic E-state index is 0.0115. The Balaban J connectivity index is 1.26. The summed E-state index contributed by atoms with van der Waals surface area (Å²) in [7, 11) is 1.88. The summed E-state index contributed by atoms with van der Waals surface area (Å²) in [4.78, 5) is 21.0. The summed E-state index contributed by atoms with van der Waals surface area (Å²) in [5, 5.41) is 7.89. The number of aryl methyl sites for hydroxylation is 1. The van der Waals surface area contributed by atoms with Crippen molar-refractivity contribution in [2.24, 2.45) is 7.05 Å². The highest BCUT2D eigenvalue weighted by Crippen LogP contribution is 2.34. The van der Waals surface area contributed by atoms with Gasteiger partial charge in [0, 0.05) is 48.0 Å². The van der Waals surface area contributed by atoms with E-state index < -0.39 is 11.9 Å². The number of halogens is 3. The van der Waals surface area contributed by atoms with Crippen molar-refractivity contribution >= 4 is 33.5 Å². The Kier molecular flexibility index (Phi) is 5.63. The molecule has 34 heavy (non-hydrogen) atoms. The molecule has 3 aromatic heterocycles. The van der Waals surface area contributed by atoms with Gasteiger partial charge in [0.05, 0.1) is 11.1 Å². The molecule has 1 aliphatic rings. The molecule has 1 saturated carbocycles. The van der Waals surface area contributed by atoms with Gasteiger partial charge in [0.2, 0.25) is 0 Å². The molecule has 4 aromatic rings. The van der Waals surface area contributed by atoms with Gasteiger partial charge in [-0.25, -0.2) is 9.97 Å². The Bertz CT molecular complexity index is 1360. The zero-order valence-corrected chi connectivity index (χ0v) is 18.6. The van der Waals surface area contributed by atoms with Gasteiger partial charge in [0.1, 0.15) is 11.3 Å². The maximum atomic E-state index is 13.4. The topological polar surface area (TPSA) is 71.8 Å². The van der Waals surface area contributed by atoms with Crippen LogP contribution in [0.1, 0.15) is 41.7 Å². The molecule has 9 heteroatoms. The lowest BCUT2D eigenvalue weighted by Gasteiger charge is -2.30. The number of nitrogens with zero attached hydrogens (tertiary/aromatic N) is 3. The van der Waals surface area contributed by atoms with Crippen LogP contribution in [0.5, 0.6) is 0 Å². The molecule has 0 saturated heterocycles. The standard InChI is InChI=1S/C25H24F3N5O/c1-33-13-11-17-18(10-12-29-23(17)33)24(34)31-16-8-6-15(7-9-16)30-21-14-22(25(26,27)28)32-20-5-3-2-4-19(20)21/h2-5,10-16H,6-9H2,1H3,(H,30,32)(H,31,34)/t15-,16+. The quantitative estimate of drug-likeness (QED) is 0.428. The van der Waals surface area contributed by atoms with Gasteiger partial charge in [-0.15, -0.1) is 0 Å². The Morgan fingerprint density at radius 1 is 1.03 bits per heavy atom. The molecule has 2 N–H and O–H groups in total. The number of para-hydroxylation sites is 1. The van der Waals surface area contributed by atoms with E-state index in [2.05, 4.69) is 20.6 Å². The van der Waals surface area contributed by atoms with Gasteiger partial charge >= 0.3 is 6.18 Å². The number of carbonyl (C=O) groups excluding carboxylic acids is 1. The van der Waals surface area contributed by atoms with Crippen molar-refractivity contribution < 1.29 is 18.0 Å². The SMILES string of the molecule is Cn1ccc2c(C(=O)N[C@H]3CC[C@@H](Nc4cc(C(F)(F)F)nc5ccccc45)CC3)ccnc21. The highest BCUT2D eigenvalue weighted by molar-refractivity contribution is 6.05. The highest BCUT2D eigenvalue weighted by Gasteiger charge is 2.34. The van der Waals surface area contributed by atoms with E-state index in [1.165, 1.54) is 0 Å². The van der Waals surface area contributed by atoms with E-state index in [1.807, 2.05) is 23.9 Å². The number of aromatic nitrogens is 3. The molecule has 1 aromatic carbocycles. The second-order valence-electron chi connectivity index (χ2n) is 8.76. The van der Waals surface area contributed by atoms with Crippen LogP contribution < -0.4 is 10.6 Å². The minimum atomic E-state index is -4.51. The van der Waals surface area contributed by atoms with Crippen molar-refractivity contribution in [1.82, 2.24) is 19.9 Å². The lowest BCUT2D eigenvalue weighted by molar-refractivity contribution is -0.140. The van der Waals surface area contributed by atoms with Crippen molar-refractivity contribution in [3.63, 3.8) is 0 Å². The second kappa shape index (κ2) is 8.62. The summed E-state index contributed by atoms with van der Waals surface area (Å²) in [5.41, 5.74) is 1.19. The number of amides is 1. The average molecular weight is 467 g/mol. The van der Waals surface area contributed by atoms with Gasteiger partial charge in [-0.3, -0.25) is 4.79 Å². The molecule has 0 radical (unpaired) electrons. The molecule has 0 aliphatic heterocycles. The van der Waals surface area contributed by atoms with E-state index in [-0.39, 0.29) is 18.0 Å². The van der Waals surface area contributed by atoms with Crippen LogP contribution in [-0.4, -0.2) is 32.5 Å². The van der Waals surface area contributed by atoms with Gasteiger partial charge in [-0.05, 0) is 49.9 Å². The third kappa shape index (κ3) is 4.30. The van der Waals surface area contributed by atoms with Crippen molar-refractivity contribution in [2.45, 2.75) is 43.9 Å². The first kappa shape index (κ1) is 22.2. The summed E-state index contributed by atoms with van der Waals surface area (Å²) in [5.74, 6) is -0.134. The van der Waals surface area contributed by atoms with E-state index in [9.17, 15) is 18.0 Å². The fourth-order valence-electron chi connectivity index (χ4n) is 4.67. The lowest BCUT2D eigenvalue weighted by atomic mass is 9.90. The van der Waals surface area contributed by atoms with E-state index in [4.69, 9.17) is 0 Å². The molecule has 3 heterocycles. The van der Waals surface area contributed by atoms with Gasteiger partial charge in [-0.2, -0.15) is 13.2 Å². The zero-order valence-electron chi connectivity index (χ0n) is 18.6. The summed E-state index contributed by atoms with van der Waals surface area (Å²) < 4.78 is 41.9. The van der Waals surface area contributed by atoms with Crippen molar-refractivity contribution in [1.29, 1.82) is 0 Å². The van der Waals surface area contributed by atoms with E-state index in [0.29, 0.717) is 22.2 Å². The fourth-order valence-corrected chi connectivity index (χ4v) is 4.67.